The van der Waals surface area contributed by atoms with Gasteiger partial charge >= 0.3 is 0 Å². The molecule has 206 valence electrons. The van der Waals surface area contributed by atoms with Gasteiger partial charge in [0.25, 0.3) is 5.91 Å². The molecule has 1 atom stereocenters. The van der Waals surface area contributed by atoms with Gasteiger partial charge in [0.05, 0.1) is 0 Å². The lowest BCUT2D eigenvalue weighted by atomic mass is 9.94. The van der Waals surface area contributed by atoms with Crippen LogP contribution in [0.15, 0.2) is 71.2 Å². The summed E-state index contributed by atoms with van der Waals surface area (Å²) in [6.45, 7) is 1.80. The van der Waals surface area contributed by atoms with Crippen molar-refractivity contribution >= 4 is 50.9 Å². The summed E-state index contributed by atoms with van der Waals surface area (Å²) >= 11 is 16.5. The minimum Gasteiger partial charge on any atom is -0.484 e. The zero-order valence-electron chi connectivity index (χ0n) is 22.0. The summed E-state index contributed by atoms with van der Waals surface area (Å²) in [5.41, 5.74) is 2.54. The molecule has 39 heavy (non-hydrogen) atoms. The minimum atomic E-state index is -0.774. The van der Waals surface area contributed by atoms with E-state index < -0.39 is 6.04 Å². The number of ether oxygens (including phenoxy) is 1. The van der Waals surface area contributed by atoms with Crippen molar-refractivity contribution in [2.75, 3.05) is 6.61 Å². The molecule has 1 saturated carbocycles. The fraction of sp³-hybridized carbons (Fsp3) is 0.355. The van der Waals surface area contributed by atoms with Gasteiger partial charge < -0.3 is 15.0 Å². The van der Waals surface area contributed by atoms with Crippen LogP contribution in [0, 0.1) is 6.92 Å². The number of rotatable bonds is 10. The van der Waals surface area contributed by atoms with E-state index in [9.17, 15) is 9.59 Å². The first kappa shape index (κ1) is 29.4. The van der Waals surface area contributed by atoms with Crippen molar-refractivity contribution in [1.29, 1.82) is 0 Å². The molecule has 1 fully saturated rings. The first-order valence-electron chi connectivity index (χ1n) is 13.3. The van der Waals surface area contributed by atoms with Crippen LogP contribution in [0.3, 0.4) is 0 Å². The highest BCUT2D eigenvalue weighted by Gasteiger charge is 2.33. The third-order valence-electron chi connectivity index (χ3n) is 7.10. The highest BCUT2D eigenvalue weighted by molar-refractivity contribution is 9.10. The molecule has 0 heterocycles. The van der Waals surface area contributed by atoms with E-state index in [2.05, 4.69) is 21.2 Å². The van der Waals surface area contributed by atoms with Gasteiger partial charge in [-0.2, -0.15) is 0 Å². The summed E-state index contributed by atoms with van der Waals surface area (Å²) in [7, 11) is 0. The van der Waals surface area contributed by atoms with Crippen molar-refractivity contribution in [3.05, 3.63) is 97.9 Å². The largest absolute Gasteiger partial charge is 0.484 e. The summed E-state index contributed by atoms with van der Waals surface area (Å²) < 4.78 is 6.86. The standard InChI is InChI=1S/C31H33BrCl2N2O3/c1-21-17-24(15-16-26(21)32)39-20-30(37)36(19-25-27(33)13-8-14-28(25)34)29(18-22-9-4-2-5-10-22)31(38)35-23-11-6-3-7-12-23/h2,4-5,8-10,13-17,23,29H,3,6-7,11-12,18-20H2,1H3,(H,35,38)/t29-/m0/s1. The van der Waals surface area contributed by atoms with Gasteiger partial charge in [-0.05, 0) is 61.2 Å². The van der Waals surface area contributed by atoms with Gasteiger partial charge in [0, 0.05) is 39.1 Å². The van der Waals surface area contributed by atoms with Crippen molar-refractivity contribution in [3.63, 3.8) is 0 Å². The molecular formula is C31H33BrCl2N2O3. The molecule has 8 heteroatoms. The highest BCUT2D eigenvalue weighted by atomic mass is 79.9. The van der Waals surface area contributed by atoms with Crippen LogP contribution in [0.25, 0.3) is 0 Å². The van der Waals surface area contributed by atoms with Crippen LogP contribution < -0.4 is 10.1 Å². The quantitative estimate of drug-likeness (QED) is 0.252. The van der Waals surface area contributed by atoms with E-state index in [1.165, 1.54) is 6.42 Å². The molecule has 0 aliphatic heterocycles. The smallest absolute Gasteiger partial charge is 0.261 e. The van der Waals surface area contributed by atoms with Crippen LogP contribution in [-0.2, 0) is 22.6 Å². The molecule has 0 saturated heterocycles. The summed E-state index contributed by atoms with van der Waals surface area (Å²) in [6, 6.07) is 19.8. The van der Waals surface area contributed by atoms with E-state index in [4.69, 9.17) is 27.9 Å². The number of hydrogen-bond donors (Lipinski definition) is 1. The summed E-state index contributed by atoms with van der Waals surface area (Å²) in [5, 5.41) is 4.11. The summed E-state index contributed by atoms with van der Waals surface area (Å²) in [5.74, 6) is 0.0686. The van der Waals surface area contributed by atoms with Crippen LogP contribution in [-0.4, -0.2) is 35.4 Å². The van der Waals surface area contributed by atoms with Gasteiger partial charge in [-0.1, -0.05) is 94.8 Å². The Labute approximate surface area is 249 Å². The molecule has 0 aromatic heterocycles. The van der Waals surface area contributed by atoms with Crippen molar-refractivity contribution in [2.24, 2.45) is 0 Å². The first-order chi connectivity index (χ1) is 18.8. The van der Waals surface area contributed by atoms with Crippen LogP contribution in [0.1, 0.15) is 48.8 Å². The molecule has 0 radical (unpaired) electrons. The Morgan fingerprint density at radius 1 is 1.00 bits per heavy atom. The number of nitrogens with one attached hydrogen (secondary N) is 1. The molecule has 3 aromatic rings. The van der Waals surface area contributed by atoms with E-state index >= 15 is 0 Å². The van der Waals surface area contributed by atoms with Gasteiger partial charge in [-0.25, -0.2) is 0 Å². The maximum atomic E-state index is 13.9. The maximum absolute atomic E-state index is 13.9. The van der Waals surface area contributed by atoms with E-state index in [-0.39, 0.29) is 31.0 Å². The second-order valence-electron chi connectivity index (χ2n) is 9.97. The third kappa shape index (κ3) is 8.23. The van der Waals surface area contributed by atoms with Crippen molar-refractivity contribution < 1.29 is 14.3 Å². The Balaban J connectivity index is 1.65. The van der Waals surface area contributed by atoms with Crippen LogP contribution in [0.5, 0.6) is 5.75 Å². The zero-order valence-corrected chi connectivity index (χ0v) is 25.1. The molecule has 2 amide bonds. The number of hydrogen-bond acceptors (Lipinski definition) is 3. The number of carbonyl (C=O) groups excluding carboxylic acids is 2. The molecule has 0 unspecified atom stereocenters. The Hall–Kier alpha value is -2.54. The van der Waals surface area contributed by atoms with Gasteiger partial charge in [0.1, 0.15) is 11.8 Å². The SMILES string of the molecule is Cc1cc(OCC(=O)N(Cc2c(Cl)cccc2Cl)[C@@H](Cc2ccccc2)C(=O)NC2CCCCC2)ccc1Br. The fourth-order valence-corrected chi connectivity index (χ4v) is 5.65. The second kappa shape index (κ2) is 14.2. The molecule has 5 nitrogen and oxygen atoms in total. The first-order valence-corrected chi connectivity index (χ1v) is 14.8. The topological polar surface area (TPSA) is 58.6 Å². The number of amides is 2. The molecule has 0 bridgehead atoms. The van der Waals surface area contributed by atoms with E-state index in [1.54, 1.807) is 29.2 Å². The molecule has 4 rings (SSSR count). The molecular weight excluding hydrogens is 599 g/mol. The predicted molar refractivity (Wildman–Crippen MR) is 160 cm³/mol. The molecule has 1 aliphatic rings. The normalized spacial score (nSPS) is 14.5. The molecule has 1 N–H and O–H groups in total. The van der Waals surface area contributed by atoms with E-state index in [0.717, 1.165) is 41.3 Å². The monoisotopic (exact) mass is 630 g/mol. The van der Waals surface area contributed by atoms with Gasteiger partial charge in [0.2, 0.25) is 5.91 Å². The lowest BCUT2D eigenvalue weighted by molar-refractivity contribution is -0.143. The number of nitrogens with zero attached hydrogens (tertiary/aromatic N) is 1. The number of aryl methyl sites for hydroxylation is 1. The third-order valence-corrected chi connectivity index (χ3v) is 8.70. The number of benzene rings is 3. The van der Waals surface area contributed by atoms with Crippen LogP contribution in [0.2, 0.25) is 10.0 Å². The summed E-state index contributed by atoms with van der Waals surface area (Å²) in [4.78, 5) is 29.3. The molecule has 1 aliphatic carbocycles. The lowest BCUT2D eigenvalue weighted by Crippen LogP contribution is -2.53. The Bertz CT molecular complexity index is 1260. The Kier molecular flexibility index (Phi) is 10.7. The van der Waals surface area contributed by atoms with Crippen molar-refractivity contribution in [3.8, 4) is 5.75 Å². The van der Waals surface area contributed by atoms with E-state index in [0.29, 0.717) is 27.8 Å². The van der Waals surface area contributed by atoms with Gasteiger partial charge in [0.15, 0.2) is 6.61 Å². The molecule has 3 aromatic carbocycles. The van der Waals surface area contributed by atoms with Crippen molar-refractivity contribution in [1.82, 2.24) is 10.2 Å². The van der Waals surface area contributed by atoms with Gasteiger partial charge in [-0.3, -0.25) is 9.59 Å². The Morgan fingerprint density at radius 3 is 2.36 bits per heavy atom. The average Bonchev–Trinajstić information content (AvgIpc) is 2.93. The Morgan fingerprint density at radius 2 is 1.69 bits per heavy atom. The van der Waals surface area contributed by atoms with Gasteiger partial charge in [-0.15, -0.1) is 0 Å². The lowest BCUT2D eigenvalue weighted by Gasteiger charge is -2.33. The maximum Gasteiger partial charge on any atom is 0.261 e. The van der Waals surface area contributed by atoms with E-state index in [1.807, 2.05) is 49.4 Å². The predicted octanol–water partition coefficient (Wildman–Crippen LogP) is 7.53. The highest BCUT2D eigenvalue weighted by Crippen LogP contribution is 2.28. The fourth-order valence-electron chi connectivity index (χ4n) is 4.89. The number of carbonyl (C=O) groups is 2. The minimum absolute atomic E-state index is 0.0790. The van der Waals surface area contributed by atoms with Crippen molar-refractivity contribution in [2.45, 2.75) is 64.1 Å². The summed E-state index contributed by atoms with van der Waals surface area (Å²) in [6.07, 6.45) is 5.60. The average molecular weight is 632 g/mol. The second-order valence-corrected chi connectivity index (χ2v) is 11.6. The zero-order chi connectivity index (χ0) is 27.8. The number of halogens is 3. The van der Waals surface area contributed by atoms with Crippen LogP contribution >= 0.6 is 39.1 Å². The molecule has 0 spiro atoms. The van der Waals surface area contributed by atoms with Crippen LogP contribution in [0.4, 0.5) is 0 Å².